The molecule has 1 aliphatic rings. The fourth-order valence-corrected chi connectivity index (χ4v) is 0.995. The predicted molar refractivity (Wildman–Crippen MR) is 43.1 cm³/mol. The van der Waals surface area contributed by atoms with Crippen molar-refractivity contribution in [3.63, 3.8) is 0 Å². The monoisotopic (exact) mass is 182 g/mol. The SMILES string of the molecule is CC(CC#N)NN1CC(=O)NC1=O. The zero-order chi connectivity index (χ0) is 9.84. The fourth-order valence-electron chi connectivity index (χ4n) is 0.995. The molecule has 1 rings (SSSR count). The third kappa shape index (κ3) is 2.42. The molecule has 3 amide bonds. The zero-order valence-electron chi connectivity index (χ0n) is 7.20. The lowest BCUT2D eigenvalue weighted by molar-refractivity contribution is -0.118. The molecule has 0 radical (unpaired) electrons. The van der Waals surface area contributed by atoms with Crippen LogP contribution in [0.2, 0.25) is 0 Å². The number of imide groups is 1. The summed E-state index contributed by atoms with van der Waals surface area (Å²) < 4.78 is 0. The van der Waals surface area contributed by atoms with Crippen LogP contribution in [0.25, 0.3) is 0 Å². The van der Waals surface area contributed by atoms with Crippen LogP contribution in [0.4, 0.5) is 4.79 Å². The van der Waals surface area contributed by atoms with E-state index in [2.05, 4.69) is 10.7 Å². The van der Waals surface area contributed by atoms with Gasteiger partial charge in [0, 0.05) is 6.04 Å². The Hall–Kier alpha value is -1.61. The molecule has 0 aromatic heterocycles. The number of nitrogens with one attached hydrogen (secondary N) is 2. The van der Waals surface area contributed by atoms with Crippen molar-refractivity contribution in [2.45, 2.75) is 19.4 Å². The standard InChI is InChI=1S/C7H10N4O2/c1-5(2-3-8)10-11-4-6(12)9-7(11)13/h5,10H,2,4H2,1H3,(H,9,12,13). The van der Waals surface area contributed by atoms with Gasteiger partial charge in [0.1, 0.15) is 6.54 Å². The van der Waals surface area contributed by atoms with Gasteiger partial charge >= 0.3 is 6.03 Å². The number of carbonyl (C=O) groups excluding carboxylic acids is 2. The van der Waals surface area contributed by atoms with E-state index in [4.69, 9.17) is 5.26 Å². The first kappa shape index (κ1) is 9.48. The van der Waals surface area contributed by atoms with Crippen LogP contribution in [0.15, 0.2) is 0 Å². The van der Waals surface area contributed by atoms with E-state index in [9.17, 15) is 9.59 Å². The van der Waals surface area contributed by atoms with Crippen molar-refractivity contribution in [2.75, 3.05) is 6.54 Å². The van der Waals surface area contributed by atoms with Gasteiger partial charge in [0.15, 0.2) is 0 Å². The number of rotatable bonds is 3. The lowest BCUT2D eigenvalue weighted by atomic mass is 10.3. The molecule has 0 aromatic carbocycles. The number of hydrogen-bond acceptors (Lipinski definition) is 4. The van der Waals surface area contributed by atoms with Crippen LogP contribution in [0.3, 0.4) is 0 Å². The molecule has 1 heterocycles. The molecule has 0 spiro atoms. The summed E-state index contributed by atoms with van der Waals surface area (Å²) in [6, 6.07) is 1.36. The van der Waals surface area contributed by atoms with Crippen molar-refractivity contribution in [3.05, 3.63) is 0 Å². The number of urea groups is 1. The minimum atomic E-state index is -0.463. The molecule has 13 heavy (non-hydrogen) atoms. The van der Waals surface area contributed by atoms with E-state index >= 15 is 0 Å². The molecule has 1 atom stereocenters. The van der Waals surface area contributed by atoms with E-state index in [0.29, 0.717) is 0 Å². The largest absolute Gasteiger partial charge is 0.338 e. The van der Waals surface area contributed by atoms with Gasteiger partial charge in [-0.2, -0.15) is 5.26 Å². The number of carbonyl (C=O) groups is 2. The zero-order valence-corrected chi connectivity index (χ0v) is 7.20. The topological polar surface area (TPSA) is 85.2 Å². The number of nitriles is 1. The second-order valence-electron chi connectivity index (χ2n) is 2.83. The predicted octanol–water partition coefficient (Wildman–Crippen LogP) is -0.655. The fraction of sp³-hybridized carbons (Fsp3) is 0.571. The van der Waals surface area contributed by atoms with Gasteiger partial charge in [-0.15, -0.1) is 0 Å². The number of hydrazine groups is 1. The maximum Gasteiger partial charge on any atom is 0.338 e. The van der Waals surface area contributed by atoms with Crippen LogP contribution < -0.4 is 10.7 Å². The normalized spacial score (nSPS) is 18.3. The van der Waals surface area contributed by atoms with Crippen molar-refractivity contribution in [1.29, 1.82) is 5.26 Å². The van der Waals surface area contributed by atoms with Gasteiger partial charge in [0.25, 0.3) is 0 Å². The van der Waals surface area contributed by atoms with Gasteiger partial charge in [-0.25, -0.2) is 15.2 Å². The lowest BCUT2D eigenvalue weighted by Gasteiger charge is -2.18. The molecule has 0 aliphatic carbocycles. The second kappa shape index (κ2) is 3.87. The van der Waals surface area contributed by atoms with Gasteiger partial charge < -0.3 is 0 Å². The Morgan fingerprint density at radius 1 is 1.77 bits per heavy atom. The summed E-state index contributed by atoms with van der Waals surface area (Å²) in [6.45, 7) is 1.77. The van der Waals surface area contributed by atoms with E-state index in [0.717, 1.165) is 0 Å². The molecule has 0 aromatic rings. The molecule has 1 saturated heterocycles. The Morgan fingerprint density at radius 2 is 2.46 bits per heavy atom. The average molecular weight is 182 g/mol. The van der Waals surface area contributed by atoms with Gasteiger partial charge in [0.05, 0.1) is 12.5 Å². The van der Waals surface area contributed by atoms with E-state index in [1.165, 1.54) is 5.01 Å². The van der Waals surface area contributed by atoms with Gasteiger partial charge in [-0.3, -0.25) is 10.1 Å². The maximum atomic E-state index is 11.0. The van der Waals surface area contributed by atoms with Crippen molar-refractivity contribution >= 4 is 11.9 Å². The van der Waals surface area contributed by atoms with Crippen LogP contribution in [-0.4, -0.2) is 29.5 Å². The van der Waals surface area contributed by atoms with Gasteiger partial charge in [-0.1, -0.05) is 0 Å². The van der Waals surface area contributed by atoms with Crippen molar-refractivity contribution in [3.8, 4) is 6.07 Å². The quantitative estimate of drug-likeness (QED) is 0.568. The van der Waals surface area contributed by atoms with Crippen LogP contribution in [0, 0.1) is 11.3 Å². The molecule has 0 bridgehead atoms. The maximum absolute atomic E-state index is 11.0. The van der Waals surface area contributed by atoms with Crippen LogP contribution >= 0.6 is 0 Å². The summed E-state index contributed by atoms with van der Waals surface area (Å²) in [5.41, 5.74) is 2.74. The smallest absolute Gasteiger partial charge is 0.275 e. The van der Waals surface area contributed by atoms with Crippen LogP contribution in [0.5, 0.6) is 0 Å². The molecule has 1 fully saturated rings. The molecule has 0 saturated carbocycles. The summed E-state index contributed by atoms with van der Waals surface area (Å²) in [6.07, 6.45) is 0.290. The molecule has 1 unspecified atom stereocenters. The molecular weight excluding hydrogens is 172 g/mol. The first-order valence-electron chi connectivity index (χ1n) is 3.88. The Morgan fingerprint density at radius 3 is 2.92 bits per heavy atom. The highest BCUT2D eigenvalue weighted by atomic mass is 16.2. The summed E-state index contributed by atoms with van der Waals surface area (Å²) in [4.78, 5) is 21.7. The first-order chi connectivity index (χ1) is 6.13. The second-order valence-corrected chi connectivity index (χ2v) is 2.83. The number of amides is 3. The Kier molecular flexibility index (Phi) is 2.82. The lowest BCUT2D eigenvalue weighted by Crippen LogP contribution is -2.45. The minimum Gasteiger partial charge on any atom is -0.275 e. The van der Waals surface area contributed by atoms with E-state index < -0.39 is 6.03 Å². The highest BCUT2D eigenvalue weighted by Crippen LogP contribution is 1.97. The van der Waals surface area contributed by atoms with E-state index in [1.54, 1.807) is 6.92 Å². The summed E-state index contributed by atoms with van der Waals surface area (Å²) in [5, 5.41) is 11.6. The third-order valence-electron chi connectivity index (χ3n) is 1.57. The van der Waals surface area contributed by atoms with Crippen LogP contribution in [0.1, 0.15) is 13.3 Å². The summed E-state index contributed by atoms with van der Waals surface area (Å²) >= 11 is 0. The highest BCUT2D eigenvalue weighted by molar-refractivity contribution is 6.01. The molecule has 6 nitrogen and oxygen atoms in total. The Bertz CT molecular complexity index is 270. The minimum absolute atomic E-state index is 0.00853. The van der Waals surface area contributed by atoms with Crippen molar-refractivity contribution in [2.24, 2.45) is 0 Å². The highest BCUT2D eigenvalue weighted by Gasteiger charge is 2.27. The van der Waals surface area contributed by atoms with Crippen molar-refractivity contribution < 1.29 is 9.59 Å². The Labute approximate surface area is 75.5 Å². The molecular formula is C7H10N4O2. The number of nitrogens with zero attached hydrogens (tertiary/aromatic N) is 2. The van der Waals surface area contributed by atoms with Gasteiger partial charge in [0.2, 0.25) is 5.91 Å². The molecule has 1 aliphatic heterocycles. The average Bonchev–Trinajstić information content (AvgIpc) is 2.30. The third-order valence-corrected chi connectivity index (χ3v) is 1.57. The Balaban J connectivity index is 2.42. The van der Waals surface area contributed by atoms with Crippen LogP contribution in [-0.2, 0) is 4.79 Å². The molecule has 2 N–H and O–H groups in total. The summed E-state index contributed by atoms with van der Waals surface area (Å²) in [5.74, 6) is -0.332. The van der Waals surface area contributed by atoms with Crippen molar-refractivity contribution in [1.82, 2.24) is 15.8 Å². The molecule has 6 heteroatoms. The van der Waals surface area contributed by atoms with E-state index in [1.807, 2.05) is 6.07 Å². The molecule has 70 valence electrons. The number of hydrogen-bond donors (Lipinski definition) is 2. The van der Waals surface area contributed by atoms with E-state index in [-0.39, 0.29) is 24.9 Å². The summed E-state index contributed by atoms with van der Waals surface area (Å²) in [7, 11) is 0. The van der Waals surface area contributed by atoms with Gasteiger partial charge in [-0.05, 0) is 6.92 Å². The first-order valence-corrected chi connectivity index (χ1v) is 3.88.